The predicted octanol–water partition coefficient (Wildman–Crippen LogP) is 2.39. The zero-order valence-electron chi connectivity index (χ0n) is 14.6. The lowest BCUT2D eigenvalue weighted by molar-refractivity contribution is 0.0711. The maximum atomic E-state index is 12.6. The largest absolute Gasteiger partial charge is 0.339 e. The van der Waals surface area contributed by atoms with E-state index < -0.39 is 0 Å². The van der Waals surface area contributed by atoms with Crippen LogP contribution < -0.4 is 0 Å². The van der Waals surface area contributed by atoms with Crippen LogP contribution in [-0.4, -0.2) is 48.4 Å². The van der Waals surface area contributed by atoms with Crippen LogP contribution in [0.3, 0.4) is 0 Å². The third kappa shape index (κ3) is 3.08. The Balaban J connectivity index is 1.51. The van der Waals surface area contributed by atoms with Gasteiger partial charge in [-0.1, -0.05) is 0 Å². The molecule has 0 unspecified atom stereocenters. The van der Waals surface area contributed by atoms with Crippen LogP contribution >= 0.6 is 0 Å². The van der Waals surface area contributed by atoms with Gasteiger partial charge in [0.15, 0.2) is 5.82 Å². The fourth-order valence-corrected chi connectivity index (χ4v) is 3.44. The fraction of sp³-hybridized carbons (Fsp3) is 0.316. The fourth-order valence-electron chi connectivity index (χ4n) is 3.44. The number of imidazole rings is 1. The summed E-state index contributed by atoms with van der Waals surface area (Å²) in [4.78, 5) is 31.9. The van der Waals surface area contributed by atoms with Crippen LogP contribution in [-0.2, 0) is 0 Å². The molecule has 1 saturated heterocycles. The number of hydrogen-bond acceptors (Lipinski definition) is 5. The third-order valence-electron chi connectivity index (χ3n) is 4.84. The normalized spacial score (nSPS) is 15.2. The van der Waals surface area contributed by atoms with E-state index in [0.717, 1.165) is 30.2 Å². The Labute approximate surface area is 151 Å². The Morgan fingerprint density at radius 1 is 1.08 bits per heavy atom. The molecule has 3 aromatic rings. The van der Waals surface area contributed by atoms with Crippen LogP contribution in [0.2, 0.25) is 0 Å². The summed E-state index contributed by atoms with van der Waals surface area (Å²) in [5, 5.41) is 0. The third-order valence-corrected chi connectivity index (χ3v) is 4.84. The molecule has 0 atom stereocenters. The Kier molecular flexibility index (Phi) is 4.43. The highest BCUT2D eigenvalue weighted by molar-refractivity contribution is 5.93. The number of carbonyl (C=O) groups is 1. The topological polar surface area (TPSA) is 76.8 Å². The van der Waals surface area contributed by atoms with Crippen LogP contribution in [0.1, 0.15) is 40.6 Å². The van der Waals surface area contributed by atoms with Crippen LogP contribution in [0, 0.1) is 6.92 Å². The Morgan fingerprint density at radius 3 is 2.58 bits per heavy atom. The number of rotatable bonds is 3. The van der Waals surface area contributed by atoms with Gasteiger partial charge in [-0.2, -0.15) is 0 Å². The lowest BCUT2D eigenvalue weighted by Gasteiger charge is -2.32. The van der Waals surface area contributed by atoms with Gasteiger partial charge in [-0.3, -0.25) is 19.3 Å². The molecule has 4 rings (SSSR count). The second kappa shape index (κ2) is 7.03. The molecule has 1 aliphatic heterocycles. The Hall–Kier alpha value is -3.09. The van der Waals surface area contributed by atoms with Crippen molar-refractivity contribution in [1.82, 2.24) is 29.4 Å². The van der Waals surface area contributed by atoms with Crippen molar-refractivity contribution < 1.29 is 4.79 Å². The van der Waals surface area contributed by atoms with Gasteiger partial charge in [0.2, 0.25) is 0 Å². The zero-order valence-corrected chi connectivity index (χ0v) is 14.6. The van der Waals surface area contributed by atoms with Crippen LogP contribution in [0.5, 0.6) is 0 Å². The van der Waals surface area contributed by atoms with Crippen molar-refractivity contribution in [3.05, 3.63) is 66.4 Å². The van der Waals surface area contributed by atoms with Crippen LogP contribution in [0.4, 0.5) is 0 Å². The minimum atomic E-state index is 0.0429. The predicted molar refractivity (Wildman–Crippen MR) is 96.0 cm³/mol. The van der Waals surface area contributed by atoms with Crippen molar-refractivity contribution in [2.75, 3.05) is 13.1 Å². The second-order valence-corrected chi connectivity index (χ2v) is 6.42. The number of pyridine rings is 1. The highest BCUT2D eigenvalue weighted by atomic mass is 16.2. The van der Waals surface area contributed by atoms with Crippen molar-refractivity contribution in [2.24, 2.45) is 0 Å². The number of amides is 1. The number of likely N-dealkylation sites (tertiary alicyclic amines) is 1. The van der Waals surface area contributed by atoms with Crippen LogP contribution in [0.25, 0.3) is 5.82 Å². The summed E-state index contributed by atoms with van der Waals surface area (Å²) < 4.78 is 1.97. The molecule has 0 aliphatic carbocycles. The van der Waals surface area contributed by atoms with E-state index in [1.807, 2.05) is 28.7 Å². The SMILES string of the molecule is Cc1nccn1-c1nccnc1C1CCN(C(=O)c2cccnc2)CC1. The number of piperidine rings is 1. The standard InChI is InChI=1S/C19H20N6O/c1-14-21-9-12-25(14)18-17(22-7-8-23-18)15-4-10-24(11-5-15)19(26)16-3-2-6-20-13-16/h2-3,6-9,12-13,15H,4-5,10-11H2,1H3. The summed E-state index contributed by atoms with van der Waals surface area (Å²) in [6.45, 7) is 3.36. The molecule has 0 bridgehead atoms. The molecule has 0 spiro atoms. The summed E-state index contributed by atoms with van der Waals surface area (Å²) >= 11 is 0. The summed E-state index contributed by atoms with van der Waals surface area (Å²) in [6.07, 6.45) is 12.1. The van der Waals surface area contributed by atoms with E-state index >= 15 is 0 Å². The Morgan fingerprint density at radius 2 is 1.88 bits per heavy atom. The maximum Gasteiger partial charge on any atom is 0.255 e. The zero-order chi connectivity index (χ0) is 17.9. The molecule has 0 aromatic carbocycles. The van der Waals surface area contributed by atoms with Gasteiger partial charge in [-0.25, -0.2) is 9.97 Å². The molecule has 0 saturated carbocycles. The summed E-state index contributed by atoms with van der Waals surface area (Å²) in [7, 11) is 0. The summed E-state index contributed by atoms with van der Waals surface area (Å²) in [5.74, 6) is 2.04. The smallest absolute Gasteiger partial charge is 0.255 e. The van der Waals surface area contributed by atoms with Gasteiger partial charge in [-0.05, 0) is 31.9 Å². The first-order chi connectivity index (χ1) is 12.7. The quantitative estimate of drug-likeness (QED) is 0.726. The van der Waals surface area contributed by atoms with Gasteiger partial charge in [0.05, 0.1) is 11.3 Å². The van der Waals surface area contributed by atoms with Crippen molar-refractivity contribution in [2.45, 2.75) is 25.7 Å². The molecular formula is C19H20N6O. The number of nitrogens with zero attached hydrogens (tertiary/aromatic N) is 6. The molecular weight excluding hydrogens is 328 g/mol. The maximum absolute atomic E-state index is 12.6. The summed E-state index contributed by atoms with van der Waals surface area (Å²) in [5.41, 5.74) is 1.61. The molecule has 4 heterocycles. The van der Waals surface area contributed by atoms with E-state index in [-0.39, 0.29) is 11.8 Å². The van der Waals surface area contributed by atoms with E-state index in [1.165, 1.54) is 0 Å². The molecule has 0 N–H and O–H groups in total. The molecule has 1 fully saturated rings. The molecule has 0 radical (unpaired) electrons. The Bertz CT molecular complexity index is 899. The summed E-state index contributed by atoms with van der Waals surface area (Å²) in [6, 6.07) is 3.60. The molecule has 1 aliphatic rings. The van der Waals surface area contributed by atoms with Gasteiger partial charge < -0.3 is 4.90 Å². The first-order valence-electron chi connectivity index (χ1n) is 8.74. The molecule has 1 amide bonds. The van der Waals surface area contributed by atoms with Crippen LogP contribution in [0.15, 0.2) is 49.3 Å². The lowest BCUT2D eigenvalue weighted by atomic mass is 9.92. The van der Waals surface area contributed by atoms with Gasteiger partial charge >= 0.3 is 0 Å². The van der Waals surface area contributed by atoms with E-state index in [9.17, 15) is 4.79 Å². The monoisotopic (exact) mass is 348 g/mol. The van der Waals surface area contributed by atoms with Crippen molar-refractivity contribution in [1.29, 1.82) is 0 Å². The van der Waals surface area contributed by atoms with Gasteiger partial charge in [0.1, 0.15) is 5.82 Å². The van der Waals surface area contributed by atoms with Gasteiger partial charge in [-0.15, -0.1) is 0 Å². The second-order valence-electron chi connectivity index (χ2n) is 6.42. The number of hydrogen-bond donors (Lipinski definition) is 0. The first kappa shape index (κ1) is 16.4. The molecule has 3 aromatic heterocycles. The number of aromatic nitrogens is 5. The van der Waals surface area contributed by atoms with E-state index in [1.54, 1.807) is 37.1 Å². The van der Waals surface area contributed by atoms with Gasteiger partial charge in [0, 0.05) is 56.2 Å². The minimum absolute atomic E-state index is 0.0429. The highest BCUT2D eigenvalue weighted by Gasteiger charge is 2.27. The van der Waals surface area contributed by atoms with Crippen molar-refractivity contribution in [3.8, 4) is 5.82 Å². The van der Waals surface area contributed by atoms with E-state index in [4.69, 9.17) is 0 Å². The first-order valence-corrected chi connectivity index (χ1v) is 8.74. The molecule has 7 nitrogen and oxygen atoms in total. The molecule has 7 heteroatoms. The van der Waals surface area contributed by atoms with Crippen molar-refractivity contribution in [3.63, 3.8) is 0 Å². The van der Waals surface area contributed by atoms with Crippen molar-refractivity contribution >= 4 is 5.91 Å². The van der Waals surface area contributed by atoms with E-state index in [2.05, 4.69) is 19.9 Å². The number of carbonyl (C=O) groups excluding carboxylic acids is 1. The lowest BCUT2D eigenvalue weighted by Crippen LogP contribution is -2.38. The number of aryl methyl sites for hydroxylation is 1. The minimum Gasteiger partial charge on any atom is -0.339 e. The van der Waals surface area contributed by atoms with E-state index in [0.29, 0.717) is 18.7 Å². The highest BCUT2D eigenvalue weighted by Crippen LogP contribution is 2.30. The average Bonchev–Trinajstić information content (AvgIpc) is 3.14. The average molecular weight is 348 g/mol. The molecule has 132 valence electrons. The molecule has 26 heavy (non-hydrogen) atoms. The van der Waals surface area contributed by atoms with Gasteiger partial charge in [0.25, 0.3) is 5.91 Å².